The van der Waals surface area contributed by atoms with Crippen LogP contribution >= 0.6 is 15.9 Å². The van der Waals surface area contributed by atoms with Crippen LogP contribution in [0.5, 0.6) is 0 Å². The molecule has 1 heterocycles. The Balaban J connectivity index is 2.24. The van der Waals surface area contributed by atoms with Gasteiger partial charge in [-0.05, 0) is 34.1 Å². The van der Waals surface area contributed by atoms with Crippen LogP contribution in [-0.4, -0.2) is 37.4 Å². The number of halogens is 1. The molecule has 1 aromatic carbocycles. The Morgan fingerprint density at radius 2 is 2.06 bits per heavy atom. The summed E-state index contributed by atoms with van der Waals surface area (Å²) in [6.07, 6.45) is 0. The molecule has 4 nitrogen and oxygen atoms in total. The van der Waals surface area contributed by atoms with Crippen molar-refractivity contribution in [3.8, 4) is 0 Å². The molecule has 16 heavy (non-hydrogen) atoms. The van der Waals surface area contributed by atoms with Crippen LogP contribution in [0.4, 0.5) is 5.69 Å². The molecule has 86 valence electrons. The van der Waals surface area contributed by atoms with Gasteiger partial charge in [0.1, 0.15) is 0 Å². The number of carbonyl (C=O) groups is 1. The van der Waals surface area contributed by atoms with Crippen molar-refractivity contribution in [2.24, 2.45) is 0 Å². The number of nitrogens with zero attached hydrogens (tertiary/aromatic N) is 1. The number of anilines is 1. The van der Waals surface area contributed by atoms with E-state index in [4.69, 9.17) is 9.84 Å². The van der Waals surface area contributed by atoms with Crippen molar-refractivity contribution < 1.29 is 14.6 Å². The largest absolute Gasteiger partial charge is 0.478 e. The minimum atomic E-state index is -0.908. The highest BCUT2D eigenvalue weighted by Gasteiger charge is 2.15. The topological polar surface area (TPSA) is 49.8 Å². The smallest absolute Gasteiger partial charge is 0.335 e. The minimum Gasteiger partial charge on any atom is -0.478 e. The van der Waals surface area contributed by atoms with Gasteiger partial charge in [0.2, 0.25) is 0 Å². The summed E-state index contributed by atoms with van der Waals surface area (Å²) in [4.78, 5) is 13.0. The highest BCUT2D eigenvalue weighted by atomic mass is 79.9. The van der Waals surface area contributed by atoms with Gasteiger partial charge in [0.25, 0.3) is 0 Å². The summed E-state index contributed by atoms with van der Waals surface area (Å²) in [5.74, 6) is -0.908. The van der Waals surface area contributed by atoms with Gasteiger partial charge < -0.3 is 14.7 Å². The van der Waals surface area contributed by atoms with Crippen LogP contribution in [0.15, 0.2) is 22.7 Å². The van der Waals surface area contributed by atoms with E-state index in [2.05, 4.69) is 20.8 Å². The van der Waals surface area contributed by atoms with E-state index in [1.54, 1.807) is 12.1 Å². The molecule has 5 heteroatoms. The Kier molecular flexibility index (Phi) is 3.46. The van der Waals surface area contributed by atoms with Crippen molar-refractivity contribution in [3.63, 3.8) is 0 Å². The third-order valence-corrected chi connectivity index (χ3v) is 3.18. The van der Waals surface area contributed by atoms with Crippen molar-refractivity contribution in [3.05, 3.63) is 28.2 Å². The maximum Gasteiger partial charge on any atom is 0.335 e. The Bertz CT molecular complexity index is 402. The molecule has 0 aromatic heterocycles. The van der Waals surface area contributed by atoms with Crippen LogP contribution in [-0.2, 0) is 4.74 Å². The minimum absolute atomic E-state index is 0.295. The molecule has 0 saturated carbocycles. The van der Waals surface area contributed by atoms with Crippen LogP contribution in [0.2, 0.25) is 0 Å². The van der Waals surface area contributed by atoms with Gasteiger partial charge in [-0.25, -0.2) is 4.79 Å². The van der Waals surface area contributed by atoms with Crippen LogP contribution in [0.3, 0.4) is 0 Å². The van der Waals surface area contributed by atoms with Crippen molar-refractivity contribution in [1.82, 2.24) is 0 Å². The highest BCUT2D eigenvalue weighted by Crippen LogP contribution is 2.27. The lowest BCUT2D eigenvalue weighted by atomic mass is 10.2. The van der Waals surface area contributed by atoms with Crippen LogP contribution in [0.1, 0.15) is 10.4 Å². The lowest BCUT2D eigenvalue weighted by Gasteiger charge is -2.29. The van der Waals surface area contributed by atoms with Crippen molar-refractivity contribution in [1.29, 1.82) is 0 Å². The first-order chi connectivity index (χ1) is 7.68. The first-order valence-corrected chi connectivity index (χ1v) is 5.83. The van der Waals surface area contributed by atoms with E-state index < -0.39 is 5.97 Å². The number of hydrogen-bond donors (Lipinski definition) is 1. The fourth-order valence-corrected chi connectivity index (χ4v) is 2.33. The second-order valence-corrected chi connectivity index (χ2v) is 4.43. The quantitative estimate of drug-likeness (QED) is 0.903. The summed E-state index contributed by atoms with van der Waals surface area (Å²) in [6, 6.07) is 5.09. The molecule has 1 N–H and O–H groups in total. The molecule has 1 aliphatic rings. The summed E-state index contributed by atoms with van der Waals surface area (Å²) < 4.78 is 6.09. The lowest BCUT2D eigenvalue weighted by molar-refractivity contribution is 0.0697. The van der Waals surface area contributed by atoms with E-state index in [0.717, 1.165) is 23.2 Å². The van der Waals surface area contributed by atoms with Crippen LogP contribution in [0, 0.1) is 0 Å². The monoisotopic (exact) mass is 285 g/mol. The van der Waals surface area contributed by atoms with Crippen molar-refractivity contribution >= 4 is 27.6 Å². The van der Waals surface area contributed by atoms with Gasteiger partial charge in [0.15, 0.2) is 0 Å². The lowest BCUT2D eigenvalue weighted by Crippen LogP contribution is -2.36. The zero-order chi connectivity index (χ0) is 11.5. The molecule has 1 saturated heterocycles. The molecule has 0 aliphatic carbocycles. The Morgan fingerprint density at radius 3 is 2.62 bits per heavy atom. The maximum atomic E-state index is 10.8. The molecule has 1 fully saturated rings. The van der Waals surface area contributed by atoms with Crippen molar-refractivity contribution in [2.45, 2.75) is 0 Å². The van der Waals surface area contributed by atoms with Crippen LogP contribution < -0.4 is 4.90 Å². The van der Waals surface area contributed by atoms with Gasteiger partial charge in [-0.3, -0.25) is 0 Å². The average molecular weight is 286 g/mol. The molecule has 2 rings (SSSR count). The first-order valence-electron chi connectivity index (χ1n) is 5.04. The average Bonchev–Trinajstić information content (AvgIpc) is 2.30. The predicted molar refractivity (Wildman–Crippen MR) is 64.1 cm³/mol. The fraction of sp³-hybridized carbons (Fsp3) is 0.364. The normalized spacial score (nSPS) is 16.2. The third kappa shape index (κ3) is 2.36. The zero-order valence-corrected chi connectivity index (χ0v) is 10.2. The van der Waals surface area contributed by atoms with Gasteiger partial charge in [-0.1, -0.05) is 0 Å². The van der Waals surface area contributed by atoms with Crippen molar-refractivity contribution in [2.75, 3.05) is 31.2 Å². The highest BCUT2D eigenvalue weighted by molar-refractivity contribution is 9.10. The van der Waals surface area contributed by atoms with E-state index in [1.165, 1.54) is 0 Å². The SMILES string of the molecule is O=C(O)c1ccc(N2CCOCC2)c(Br)c1. The molecule has 0 amide bonds. The molecule has 1 aliphatic heterocycles. The molecule has 0 atom stereocenters. The summed E-state index contributed by atoms with van der Waals surface area (Å²) in [6.45, 7) is 3.11. The molecule has 1 aromatic rings. The standard InChI is InChI=1S/C11H12BrNO3/c12-9-7-8(11(14)15)1-2-10(9)13-3-5-16-6-4-13/h1-2,7H,3-6H2,(H,14,15). The summed E-state index contributed by atoms with van der Waals surface area (Å²) >= 11 is 3.41. The van der Waals surface area contributed by atoms with Gasteiger partial charge in [0.05, 0.1) is 24.5 Å². The van der Waals surface area contributed by atoms with E-state index in [0.29, 0.717) is 18.8 Å². The van der Waals surface area contributed by atoms with E-state index >= 15 is 0 Å². The van der Waals surface area contributed by atoms with Gasteiger partial charge >= 0.3 is 5.97 Å². The van der Waals surface area contributed by atoms with Gasteiger partial charge in [-0.15, -0.1) is 0 Å². The number of morpholine rings is 1. The third-order valence-electron chi connectivity index (χ3n) is 2.55. The Morgan fingerprint density at radius 1 is 1.38 bits per heavy atom. The van der Waals surface area contributed by atoms with Gasteiger partial charge in [-0.2, -0.15) is 0 Å². The second kappa shape index (κ2) is 4.84. The summed E-state index contributed by atoms with van der Waals surface area (Å²) in [5, 5.41) is 8.86. The van der Waals surface area contributed by atoms with Gasteiger partial charge in [0, 0.05) is 17.6 Å². The van der Waals surface area contributed by atoms with E-state index in [-0.39, 0.29) is 0 Å². The second-order valence-electron chi connectivity index (χ2n) is 3.57. The summed E-state index contributed by atoms with van der Waals surface area (Å²) in [7, 11) is 0. The number of hydrogen-bond acceptors (Lipinski definition) is 3. The molecule has 0 spiro atoms. The molecular formula is C11H12BrNO3. The van der Waals surface area contributed by atoms with E-state index in [9.17, 15) is 4.79 Å². The Labute approximate surface area is 102 Å². The number of carboxylic acids is 1. The number of carboxylic acid groups (broad SMARTS) is 1. The fourth-order valence-electron chi connectivity index (χ4n) is 1.70. The number of ether oxygens (including phenoxy) is 1. The molecule has 0 unspecified atom stereocenters. The Hall–Kier alpha value is -1.07. The number of rotatable bonds is 2. The predicted octanol–water partition coefficient (Wildman–Crippen LogP) is 1.98. The number of benzene rings is 1. The zero-order valence-electron chi connectivity index (χ0n) is 8.65. The summed E-state index contributed by atoms with van der Waals surface area (Å²) in [5.41, 5.74) is 1.32. The molecule has 0 radical (unpaired) electrons. The molecule has 0 bridgehead atoms. The first kappa shape index (κ1) is 11.4. The number of aromatic carboxylic acids is 1. The molecular weight excluding hydrogens is 274 g/mol. The van der Waals surface area contributed by atoms with Crippen LogP contribution in [0.25, 0.3) is 0 Å². The van der Waals surface area contributed by atoms with E-state index in [1.807, 2.05) is 6.07 Å². The maximum absolute atomic E-state index is 10.8.